The Balaban J connectivity index is 1.07. The quantitative estimate of drug-likeness (QED) is 0.0522. The zero-order valence-electron chi connectivity index (χ0n) is 29.5. The number of ether oxygens (including phenoxy) is 1. The molecule has 0 fully saturated rings. The van der Waals surface area contributed by atoms with E-state index < -0.39 is 18.0 Å². The zero-order chi connectivity index (χ0) is 38.0. The lowest BCUT2D eigenvalue weighted by Crippen LogP contribution is -2.26. The van der Waals surface area contributed by atoms with Gasteiger partial charge in [0.15, 0.2) is 0 Å². The van der Waals surface area contributed by atoms with E-state index >= 15 is 0 Å². The summed E-state index contributed by atoms with van der Waals surface area (Å²) in [6, 6.07) is 33.2. The SMILES string of the molecule is O=C(O)C=Cc1ccc(-c2nc(-c3ccc(C4=NOC(C(=O)Oc5ncc[nH]5)C4)cc3)c(-c3ccc(C=CC(=O)NCCCc4ccccc4)cc3)[nH]2)cc1. The van der Waals surface area contributed by atoms with Crippen molar-refractivity contribution < 1.29 is 29.1 Å². The number of carboxylic acids is 1. The number of hydrogen-bond donors (Lipinski definition) is 4. The Morgan fingerprint density at radius 1 is 0.836 bits per heavy atom. The van der Waals surface area contributed by atoms with Gasteiger partial charge >= 0.3 is 17.9 Å². The van der Waals surface area contributed by atoms with E-state index in [0.29, 0.717) is 23.8 Å². The molecule has 4 N–H and O–H groups in total. The maximum absolute atomic E-state index is 12.5. The number of carbonyl (C=O) groups is 3. The number of imidazole rings is 2. The Labute approximate surface area is 316 Å². The number of oxime groups is 1. The minimum absolute atomic E-state index is 0.0887. The summed E-state index contributed by atoms with van der Waals surface area (Å²) in [5.74, 6) is -1.13. The summed E-state index contributed by atoms with van der Waals surface area (Å²) >= 11 is 0. The number of aromatic nitrogens is 4. The van der Waals surface area contributed by atoms with E-state index in [4.69, 9.17) is 19.7 Å². The molecule has 12 nitrogen and oxygen atoms in total. The van der Waals surface area contributed by atoms with Crippen molar-refractivity contribution in [2.75, 3.05) is 6.54 Å². The fourth-order valence-electron chi connectivity index (χ4n) is 5.95. The topological polar surface area (TPSA) is 172 Å². The molecule has 0 saturated heterocycles. The maximum Gasteiger partial charge on any atom is 0.358 e. The second kappa shape index (κ2) is 17.0. The molecule has 12 heteroatoms. The van der Waals surface area contributed by atoms with E-state index in [1.165, 1.54) is 23.9 Å². The van der Waals surface area contributed by atoms with E-state index in [-0.39, 0.29) is 18.3 Å². The van der Waals surface area contributed by atoms with E-state index in [1.807, 2.05) is 91.0 Å². The van der Waals surface area contributed by atoms with Crippen molar-refractivity contribution in [2.45, 2.75) is 25.4 Å². The van der Waals surface area contributed by atoms with Crippen LogP contribution in [-0.4, -0.2) is 61.2 Å². The van der Waals surface area contributed by atoms with Gasteiger partial charge in [0.25, 0.3) is 0 Å². The molecule has 0 spiro atoms. The van der Waals surface area contributed by atoms with E-state index in [1.54, 1.807) is 12.3 Å². The van der Waals surface area contributed by atoms with Crippen molar-refractivity contribution in [3.8, 4) is 39.9 Å². The second-order valence-electron chi connectivity index (χ2n) is 12.7. The van der Waals surface area contributed by atoms with Gasteiger partial charge in [0, 0.05) is 54.2 Å². The highest BCUT2D eigenvalue weighted by Gasteiger charge is 2.31. The average molecular weight is 733 g/mol. The van der Waals surface area contributed by atoms with Crippen molar-refractivity contribution >= 4 is 35.7 Å². The second-order valence-corrected chi connectivity index (χ2v) is 12.7. The molecule has 7 rings (SSSR count). The molecule has 1 atom stereocenters. The highest BCUT2D eigenvalue weighted by molar-refractivity contribution is 6.04. The van der Waals surface area contributed by atoms with E-state index in [2.05, 4.69) is 37.6 Å². The first kappa shape index (κ1) is 36.0. The van der Waals surface area contributed by atoms with Crippen LogP contribution in [0.3, 0.4) is 0 Å². The number of rotatable bonds is 14. The van der Waals surface area contributed by atoms with Crippen LogP contribution >= 0.6 is 0 Å². The van der Waals surface area contributed by atoms with Crippen LogP contribution in [0.15, 0.2) is 133 Å². The van der Waals surface area contributed by atoms with E-state index in [9.17, 15) is 14.4 Å². The summed E-state index contributed by atoms with van der Waals surface area (Å²) in [6.07, 6.45) is 10.1. The Hall–Kier alpha value is -7.34. The smallest absolute Gasteiger partial charge is 0.358 e. The van der Waals surface area contributed by atoms with Crippen LogP contribution in [0.1, 0.15) is 35.1 Å². The van der Waals surface area contributed by atoms with Crippen LogP contribution < -0.4 is 10.1 Å². The molecular formula is C43H36N6O6. The highest BCUT2D eigenvalue weighted by atomic mass is 16.7. The zero-order valence-corrected chi connectivity index (χ0v) is 29.5. The molecule has 0 saturated carbocycles. The van der Waals surface area contributed by atoms with Crippen molar-refractivity contribution in [3.05, 3.63) is 150 Å². The van der Waals surface area contributed by atoms with Gasteiger partial charge in [-0.3, -0.25) is 4.79 Å². The van der Waals surface area contributed by atoms with Gasteiger partial charge in [-0.25, -0.2) is 19.6 Å². The predicted octanol–water partition coefficient (Wildman–Crippen LogP) is 7.09. The first-order valence-corrected chi connectivity index (χ1v) is 17.6. The van der Waals surface area contributed by atoms with Gasteiger partial charge in [-0.2, -0.15) is 0 Å². The van der Waals surface area contributed by atoms with Gasteiger partial charge in [0.1, 0.15) is 5.82 Å². The number of hydrogen-bond acceptors (Lipinski definition) is 8. The maximum atomic E-state index is 12.5. The van der Waals surface area contributed by atoms with Gasteiger partial charge in [-0.1, -0.05) is 108 Å². The molecule has 1 aliphatic rings. The van der Waals surface area contributed by atoms with Crippen LogP contribution in [0, 0.1) is 0 Å². The summed E-state index contributed by atoms with van der Waals surface area (Å²) < 4.78 is 5.22. The molecule has 1 aliphatic heterocycles. The number of amides is 1. The molecule has 55 heavy (non-hydrogen) atoms. The average Bonchev–Trinajstić information content (AvgIpc) is 4.01. The molecule has 3 heterocycles. The van der Waals surface area contributed by atoms with Gasteiger partial charge in [0.05, 0.1) is 17.1 Å². The fourth-order valence-corrected chi connectivity index (χ4v) is 5.95. The van der Waals surface area contributed by atoms with Gasteiger partial charge in [-0.15, -0.1) is 0 Å². The number of aryl methyl sites for hydroxylation is 1. The molecule has 0 radical (unpaired) electrons. The third-order valence-electron chi connectivity index (χ3n) is 8.81. The third-order valence-corrected chi connectivity index (χ3v) is 8.81. The summed E-state index contributed by atoms with van der Waals surface area (Å²) in [5, 5.41) is 16.1. The van der Waals surface area contributed by atoms with Crippen molar-refractivity contribution in [1.29, 1.82) is 0 Å². The highest BCUT2D eigenvalue weighted by Crippen LogP contribution is 2.34. The lowest BCUT2D eigenvalue weighted by Gasteiger charge is -2.07. The standard InChI is InChI=1S/C43H36N6O6/c50-37(44-24-4-7-28-5-2-1-3-6-28)22-12-29-8-14-32(15-9-29)39-40(48-41(47-39)34-16-10-30(11-17-34)13-23-38(51)52)33-20-18-31(19-21-33)35-27-36(55-49-35)42(53)54-43-45-25-26-46-43/h1-3,5-6,8-23,25-26,36H,4,7,24,27H2,(H,44,50)(H,45,46)(H,47,48)(H,51,52). The number of benzene rings is 4. The Bertz CT molecular complexity index is 2350. The van der Waals surface area contributed by atoms with Crippen molar-refractivity contribution in [1.82, 2.24) is 25.3 Å². The lowest BCUT2D eigenvalue weighted by atomic mass is 10.00. The number of carbonyl (C=O) groups excluding carboxylic acids is 2. The summed E-state index contributed by atoms with van der Waals surface area (Å²) in [5.41, 5.74) is 8.28. The minimum Gasteiger partial charge on any atom is -0.478 e. The first-order chi connectivity index (χ1) is 26.9. The van der Waals surface area contributed by atoms with Crippen LogP contribution in [-0.2, 0) is 25.6 Å². The van der Waals surface area contributed by atoms with Crippen LogP contribution in [0.4, 0.5) is 0 Å². The molecule has 4 aromatic carbocycles. The molecule has 274 valence electrons. The Kier molecular flexibility index (Phi) is 11.1. The summed E-state index contributed by atoms with van der Waals surface area (Å²) in [6.45, 7) is 0.591. The minimum atomic E-state index is -1.02. The molecule has 2 aromatic heterocycles. The van der Waals surface area contributed by atoms with Gasteiger partial charge in [-0.05, 0) is 47.2 Å². The number of aliphatic carboxylic acids is 1. The number of esters is 1. The van der Waals surface area contributed by atoms with Crippen molar-refractivity contribution in [3.63, 3.8) is 0 Å². The van der Waals surface area contributed by atoms with Gasteiger partial charge < -0.3 is 30.0 Å². The molecule has 6 aromatic rings. The summed E-state index contributed by atoms with van der Waals surface area (Å²) in [7, 11) is 0. The van der Waals surface area contributed by atoms with Crippen LogP contribution in [0.5, 0.6) is 6.01 Å². The lowest BCUT2D eigenvalue weighted by molar-refractivity contribution is -0.146. The number of nitrogens with one attached hydrogen (secondary N) is 3. The summed E-state index contributed by atoms with van der Waals surface area (Å²) in [4.78, 5) is 56.5. The Morgan fingerprint density at radius 3 is 2.20 bits per heavy atom. The van der Waals surface area contributed by atoms with Crippen LogP contribution in [0.2, 0.25) is 0 Å². The predicted molar refractivity (Wildman–Crippen MR) is 209 cm³/mol. The number of carboxylic acid groups (broad SMARTS) is 1. The fraction of sp³-hybridized carbons (Fsp3) is 0.116. The molecule has 1 amide bonds. The number of H-pyrrole nitrogens is 2. The normalized spacial score (nSPS) is 13.8. The van der Waals surface area contributed by atoms with Gasteiger partial charge in [0.2, 0.25) is 12.0 Å². The largest absolute Gasteiger partial charge is 0.478 e. The Morgan fingerprint density at radius 2 is 1.51 bits per heavy atom. The number of aromatic amines is 2. The number of nitrogens with zero attached hydrogens (tertiary/aromatic N) is 3. The molecule has 0 bridgehead atoms. The molecule has 0 aliphatic carbocycles. The van der Waals surface area contributed by atoms with E-state index in [0.717, 1.165) is 58.0 Å². The van der Waals surface area contributed by atoms with Crippen LogP contribution in [0.25, 0.3) is 46.1 Å². The molecular weight excluding hydrogens is 697 g/mol. The van der Waals surface area contributed by atoms with Crippen molar-refractivity contribution in [2.24, 2.45) is 5.16 Å². The monoisotopic (exact) mass is 732 g/mol. The third kappa shape index (κ3) is 9.37. The first-order valence-electron chi connectivity index (χ1n) is 17.6. The molecule has 1 unspecified atom stereocenters.